The van der Waals surface area contributed by atoms with Gasteiger partial charge in [0.2, 0.25) is 0 Å². The summed E-state index contributed by atoms with van der Waals surface area (Å²) in [5, 5.41) is 3.36. The molecule has 1 aliphatic rings. The third-order valence-corrected chi connectivity index (χ3v) is 5.86. The number of methoxy groups -OCH3 is 1. The summed E-state index contributed by atoms with van der Waals surface area (Å²) in [5.74, 6) is -1.29. The molecule has 1 atom stereocenters. The topological polar surface area (TPSA) is 105 Å². The van der Waals surface area contributed by atoms with Gasteiger partial charge in [0.15, 0.2) is 6.17 Å². The molecule has 170 valence electrons. The first-order valence-corrected chi connectivity index (χ1v) is 10.7. The molecule has 3 N–H and O–H groups in total. The van der Waals surface area contributed by atoms with Gasteiger partial charge in [-0.25, -0.2) is 0 Å². The third-order valence-electron chi connectivity index (χ3n) is 5.12. The molecule has 3 amide bonds. The summed E-state index contributed by atoms with van der Waals surface area (Å²) in [5.41, 5.74) is 7.74. The fraction of sp³-hybridized carbons (Fsp3) is 0.318. The first-order chi connectivity index (χ1) is 15.3. The van der Waals surface area contributed by atoms with Crippen molar-refractivity contribution in [2.75, 3.05) is 26.8 Å². The van der Waals surface area contributed by atoms with Gasteiger partial charge in [0.1, 0.15) is 6.61 Å². The number of carbonyl (C=O) groups excluding carboxylic acids is 3. The van der Waals surface area contributed by atoms with E-state index in [-0.39, 0.29) is 42.7 Å². The van der Waals surface area contributed by atoms with E-state index in [2.05, 4.69) is 5.32 Å². The molecule has 0 spiro atoms. The highest BCUT2D eigenvalue weighted by atomic mass is 35.5. The maximum Gasteiger partial charge on any atom is 0.264 e. The van der Waals surface area contributed by atoms with Crippen LogP contribution in [0.15, 0.2) is 42.5 Å². The molecular weight excluding hydrogens is 455 g/mol. The Bertz CT molecular complexity index is 1020. The molecule has 0 aliphatic carbocycles. The molecule has 1 aliphatic heterocycles. The number of nitrogens with two attached hydrogens (primary N) is 1. The number of rotatable bonds is 7. The Balaban J connectivity index is 1.82. The molecular formula is C22H24Cl2N4O4. The summed E-state index contributed by atoms with van der Waals surface area (Å²) in [6.07, 6.45) is -1.11. The third kappa shape index (κ3) is 5.39. The lowest BCUT2D eigenvalue weighted by Crippen LogP contribution is -2.54. The molecule has 3 rings (SSSR count). The summed E-state index contributed by atoms with van der Waals surface area (Å²) in [7, 11) is 1.39. The standard InChI is InChI=1S/C22H24Cl2N4O4/c1-32-13-19(29)27-7-8-28(22(31)16-5-6-17(23)18(24)10-16)21(27)20(30)26-12-15-4-2-3-14(9-15)11-25/h2-6,9-10,21H,7-8,11-13,25H2,1H3,(H,26,30). The number of carbonyl (C=O) groups is 3. The molecule has 1 saturated heterocycles. The summed E-state index contributed by atoms with van der Waals surface area (Å²) < 4.78 is 4.94. The number of hydrogen-bond donors (Lipinski definition) is 2. The summed E-state index contributed by atoms with van der Waals surface area (Å²) >= 11 is 12.0. The van der Waals surface area contributed by atoms with E-state index in [1.54, 1.807) is 0 Å². The average Bonchev–Trinajstić information content (AvgIpc) is 3.24. The van der Waals surface area contributed by atoms with Crippen LogP contribution in [0.3, 0.4) is 0 Å². The van der Waals surface area contributed by atoms with Crippen molar-refractivity contribution in [3.05, 3.63) is 69.2 Å². The second-order valence-corrected chi connectivity index (χ2v) is 8.08. The molecule has 0 saturated carbocycles. The van der Waals surface area contributed by atoms with Gasteiger partial charge in [-0.05, 0) is 29.3 Å². The highest BCUT2D eigenvalue weighted by Crippen LogP contribution is 2.25. The van der Waals surface area contributed by atoms with Gasteiger partial charge in [0, 0.05) is 38.9 Å². The van der Waals surface area contributed by atoms with Crippen molar-refractivity contribution in [3.8, 4) is 0 Å². The second kappa shape index (κ2) is 10.8. The van der Waals surface area contributed by atoms with Crippen molar-refractivity contribution in [2.24, 2.45) is 5.73 Å². The smallest absolute Gasteiger partial charge is 0.264 e. The van der Waals surface area contributed by atoms with Crippen LogP contribution in [0.5, 0.6) is 0 Å². The van der Waals surface area contributed by atoms with Crippen molar-refractivity contribution in [2.45, 2.75) is 19.3 Å². The number of amides is 3. The fourth-order valence-electron chi connectivity index (χ4n) is 3.53. The lowest BCUT2D eigenvalue weighted by Gasteiger charge is -2.29. The van der Waals surface area contributed by atoms with Crippen LogP contribution in [0.4, 0.5) is 0 Å². The molecule has 32 heavy (non-hydrogen) atoms. The monoisotopic (exact) mass is 478 g/mol. The molecule has 0 aromatic heterocycles. The van der Waals surface area contributed by atoms with Crippen molar-refractivity contribution >= 4 is 40.9 Å². The van der Waals surface area contributed by atoms with E-state index in [9.17, 15) is 14.4 Å². The quantitative estimate of drug-likeness (QED) is 0.633. The van der Waals surface area contributed by atoms with Gasteiger partial charge in [-0.2, -0.15) is 0 Å². The molecule has 1 heterocycles. The number of benzene rings is 2. The number of nitrogens with one attached hydrogen (secondary N) is 1. The molecule has 1 unspecified atom stereocenters. The predicted octanol–water partition coefficient (Wildman–Crippen LogP) is 2.03. The van der Waals surface area contributed by atoms with Gasteiger partial charge in [0.25, 0.3) is 17.7 Å². The van der Waals surface area contributed by atoms with Crippen LogP contribution in [0.25, 0.3) is 0 Å². The Kier molecular flexibility index (Phi) is 8.09. The average molecular weight is 479 g/mol. The zero-order valence-corrected chi connectivity index (χ0v) is 19.0. The van der Waals surface area contributed by atoms with Crippen molar-refractivity contribution in [1.82, 2.24) is 15.1 Å². The number of ether oxygens (including phenoxy) is 1. The summed E-state index contributed by atoms with van der Waals surface area (Å²) in [6.45, 7) is 0.808. The minimum atomic E-state index is -1.11. The molecule has 2 aromatic rings. The van der Waals surface area contributed by atoms with Crippen LogP contribution in [0.1, 0.15) is 21.5 Å². The molecule has 0 bridgehead atoms. The Hall–Kier alpha value is -2.65. The van der Waals surface area contributed by atoms with E-state index >= 15 is 0 Å². The Morgan fingerprint density at radius 3 is 2.47 bits per heavy atom. The highest BCUT2D eigenvalue weighted by molar-refractivity contribution is 6.42. The molecule has 1 fully saturated rings. The van der Waals surface area contributed by atoms with Crippen molar-refractivity contribution in [3.63, 3.8) is 0 Å². The maximum atomic E-state index is 13.2. The van der Waals surface area contributed by atoms with Gasteiger partial charge in [-0.15, -0.1) is 0 Å². The van der Waals surface area contributed by atoms with Crippen LogP contribution in [0.2, 0.25) is 10.0 Å². The minimum Gasteiger partial charge on any atom is -0.375 e. The number of halogens is 2. The van der Waals surface area contributed by atoms with E-state index < -0.39 is 18.0 Å². The Morgan fingerprint density at radius 2 is 1.78 bits per heavy atom. The van der Waals surface area contributed by atoms with Gasteiger partial charge in [-0.1, -0.05) is 47.5 Å². The van der Waals surface area contributed by atoms with Crippen LogP contribution >= 0.6 is 23.2 Å². The van der Waals surface area contributed by atoms with E-state index in [4.69, 9.17) is 33.7 Å². The van der Waals surface area contributed by atoms with E-state index in [1.807, 2.05) is 24.3 Å². The van der Waals surface area contributed by atoms with Crippen LogP contribution in [-0.4, -0.2) is 60.5 Å². The van der Waals surface area contributed by atoms with Gasteiger partial charge in [-0.3, -0.25) is 14.4 Å². The zero-order chi connectivity index (χ0) is 23.3. The van der Waals surface area contributed by atoms with Crippen molar-refractivity contribution < 1.29 is 19.1 Å². The van der Waals surface area contributed by atoms with Crippen LogP contribution in [-0.2, 0) is 27.4 Å². The largest absolute Gasteiger partial charge is 0.375 e. The zero-order valence-electron chi connectivity index (χ0n) is 17.5. The molecule has 0 radical (unpaired) electrons. The first kappa shape index (κ1) is 24.0. The van der Waals surface area contributed by atoms with Gasteiger partial charge < -0.3 is 25.6 Å². The molecule has 2 aromatic carbocycles. The number of hydrogen-bond acceptors (Lipinski definition) is 5. The predicted molar refractivity (Wildman–Crippen MR) is 121 cm³/mol. The summed E-state index contributed by atoms with van der Waals surface area (Å²) in [4.78, 5) is 41.6. The van der Waals surface area contributed by atoms with Crippen LogP contribution in [0, 0.1) is 0 Å². The highest BCUT2D eigenvalue weighted by Gasteiger charge is 2.42. The lowest BCUT2D eigenvalue weighted by atomic mass is 10.1. The number of nitrogens with zero attached hydrogens (tertiary/aromatic N) is 2. The normalized spacial score (nSPS) is 15.7. The summed E-state index contributed by atoms with van der Waals surface area (Å²) in [6, 6.07) is 12.0. The Morgan fingerprint density at radius 1 is 1.06 bits per heavy atom. The second-order valence-electron chi connectivity index (χ2n) is 7.26. The van der Waals surface area contributed by atoms with Crippen LogP contribution < -0.4 is 11.1 Å². The first-order valence-electron chi connectivity index (χ1n) is 9.95. The maximum absolute atomic E-state index is 13.2. The van der Waals surface area contributed by atoms with Crippen molar-refractivity contribution in [1.29, 1.82) is 0 Å². The lowest BCUT2D eigenvalue weighted by molar-refractivity contribution is -0.143. The minimum absolute atomic E-state index is 0.190. The molecule has 8 nitrogen and oxygen atoms in total. The van der Waals surface area contributed by atoms with E-state index in [0.29, 0.717) is 11.6 Å². The Labute approximate surface area is 196 Å². The van der Waals surface area contributed by atoms with E-state index in [0.717, 1.165) is 11.1 Å². The fourth-order valence-corrected chi connectivity index (χ4v) is 3.83. The van der Waals surface area contributed by atoms with E-state index in [1.165, 1.54) is 35.1 Å². The van der Waals surface area contributed by atoms with Gasteiger partial charge >= 0.3 is 0 Å². The molecule has 10 heteroatoms. The SMILES string of the molecule is COCC(=O)N1CCN(C(=O)c2ccc(Cl)c(Cl)c2)C1C(=O)NCc1cccc(CN)c1. The van der Waals surface area contributed by atoms with Gasteiger partial charge in [0.05, 0.1) is 10.0 Å².